The Morgan fingerprint density at radius 3 is 1.70 bits per heavy atom. The van der Waals surface area contributed by atoms with Gasteiger partial charge in [-0.1, -0.05) is 128 Å². The second-order valence-corrected chi connectivity index (χ2v) is 17.7. The van der Waals surface area contributed by atoms with Gasteiger partial charge in [0, 0.05) is 5.57 Å². The van der Waals surface area contributed by atoms with E-state index in [2.05, 4.69) is 0 Å². The topological polar surface area (TPSA) is 227 Å². The zero-order valence-electron chi connectivity index (χ0n) is 39.1. The van der Waals surface area contributed by atoms with Crippen LogP contribution in [0.3, 0.4) is 0 Å². The summed E-state index contributed by atoms with van der Waals surface area (Å²) >= 11 is 0. The van der Waals surface area contributed by atoms with E-state index in [1.807, 2.05) is 134 Å². The normalized spacial score (nSPS) is 26.3. The van der Waals surface area contributed by atoms with Gasteiger partial charge in [0.1, 0.15) is 24.4 Å². The molecule has 14 heteroatoms. The number of aliphatic hydroxyl groups is 6. The summed E-state index contributed by atoms with van der Waals surface area (Å²) < 4.78 is 21.2. The van der Waals surface area contributed by atoms with E-state index in [0.29, 0.717) is 24.0 Å². The van der Waals surface area contributed by atoms with Gasteiger partial charge in [-0.3, -0.25) is 9.59 Å². The molecule has 14 nitrogen and oxygen atoms in total. The van der Waals surface area contributed by atoms with Crippen LogP contribution < -0.4 is 0 Å². The highest BCUT2D eigenvalue weighted by Gasteiger charge is 2.43. The predicted octanol–water partition coefficient (Wildman–Crippen LogP) is 7.27. The molecule has 7 atom stereocenters. The molecule has 6 N–H and O–H groups in total. The number of rotatable bonds is 19. The van der Waals surface area contributed by atoms with Gasteiger partial charge < -0.3 is 49.6 Å². The van der Waals surface area contributed by atoms with E-state index in [1.165, 1.54) is 0 Å². The van der Waals surface area contributed by atoms with Crippen molar-refractivity contribution in [3.63, 3.8) is 0 Å². The maximum absolute atomic E-state index is 13.2. The fourth-order valence-corrected chi connectivity index (χ4v) is 7.87. The summed E-state index contributed by atoms with van der Waals surface area (Å²) in [4.78, 5) is 49.5. The molecule has 0 saturated carbocycles. The van der Waals surface area contributed by atoms with Crippen LogP contribution in [0.1, 0.15) is 75.2 Å². The molecule has 2 aliphatic carbocycles. The van der Waals surface area contributed by atoms with Gasteiger partial charge in [0.05, 0.1) is 19.8 Å². The van der Waals surface area contributed by atoms with Crippen LogP contribution in [-0.2, 0) is 38.1 Å². The Balaban J connectivity index is 1.24. The van der Waals surface area contributed by atoms with E-state index in [-0.39, 0.29) is 36.3 Å². The Morgan fingerprint density at radius 2 is 1.15 bits per heavy atom. The zero-order valence-corrected chi connectivity index (χ0v) is 39.1. The third kappa shape index (κ3) is 13.6. The first-order valence-electron chi connectivity index (χ1n) is 21.8. The van der Waals surface area contributed by atoms with Crippen molar-refractivity contribution >= 4 is 23.5 Å². The van der Waals surface area contributed by atoms with Crippen LogP contribution in [0.2, 0.25) is 0 Å². The standard InChI is InChI=1S/C52H64O14/c1-29(16-12-18-31(3)20-22-36-33(5)24-41(43(56)34(36)6)63-27-39(54)48-37(26-53)45(58)50(61)65-48)14-10-11-15-30(2)17-13-19-32(4)21-23-38-35(7)44(57)42(25-52(38,8)9)64-28-40(55)49-46(59)47(60)51(62)66-49/h10-23,33,39-42,48-49,53-55,58-60H,24-28H2,1-9H3/b11-10+,16-12+,17-13+,22-20+,23-21+,29-14+,30-15+,31-18+,32-19+. The number of Topliss-reactive ketones (excluding diaryl/α,β-unsaturated/α-hetero) is 2. The number of carbonyl (C=O) groups excluding carboxylic acids is 4. The molecule has 0 aromatic rings. The lowest BCUT2D eigenvalue weighted by atomic mass is 9.71. The third-order valence-corrected chi connectivity index (χ3v) is 11.8. The molecule has 0 radical (unpaired) electrons. The Kier molecular flexibility index (Phi) is 18.8. The summed E-state index contributed by atoms with van der Waals surface area (Å²) in [7, 11) is 0. The minimum Gasteiger partial charge on any atom is -0.505 e. The predicted molar refractivity (Wildman–Crippen MR) is 249 cm³/mol. The first-order valence-corrected chi connectivity index (χ1v) is 21.8. The molecule has 7 unspecified atom stereocenters. The Morgan fingerprint density at radius 1 is 0.682 bits per heavy atom. The second-order valence-electron chi connectivity index (χ2n) is 17.7. The highest BCUT2D eigenvalue weighted by atomic mass is 16.6. The monoisotopic (exact) mass is 912 g/mol. The molecule has 0 aromatic heterocycles. The Labute approximate surface area is 386 Å². The summed E-state index contributed by atoms with van der Waals surface area (Å²) in [6, 6.07) is 0. The van der Waals surface area contributed by atoms with Crippen LogP contribution in [0.15, 0.2) is 152 Å². The van der Waals surface area contributed by atoms with E-state index < -0.39 is 77.9 Å². The summed E-state index contributed by atoms with van der Waals surface area (Å²) in [6.45, 7) is 16.1. The Bertz CT molecular complexity index is 2310. The van der Waals surface area contributed by atoms with Gasteiger partial charge in [0.2, 0.25) is 11.5 Å². The van der Waals surface area contributed by atoms with E-state index in [0.717, 1.165) is 33.4 Å². The second kappa shape index (κ2) is 23.5. The molecule has 0 spiro atoms. The fraction of sp³-hybridized carbons (Fsp3) is 0.423. The van der Waals surface area contributed by atoms with Crippen LogP contribution in [0.25, 0.3) is 0 Å². The molecule has 0 fully saturated rings. The lowest BCUT2D eigenvalue weighted by molar-refractivity contribution is -0.151. The first kappa shape index (κ1) is 52.7. The molecule has 0 aromatic carbocycles. The van der Waals surface area contributed by atoms with Gasteiger partial charge in [0.15, 0.2) is 29.5 Å². The number of esters is 2. The van der Waals surface area contributed by atoms with E-state index >= 15 is 0 Å². The highest BCUT2D eigenvalue weighted by Crippen LogP contribution is 2.41. The molecule has 0 bridgehead atoms. The van der Waals surface area contributed by atoms with E-state index in [9.17, 15) is 49.8 Å². The number of cyclic esters (lactones) is 2. The van der Waals surface area contributed by atoms with Gasteiger partial charge in [-0.2, -0.15) is 0 Å². The molecule has 2 aliphatic heterocycles. The van der Waals surface area contributed by atoms with Crippen molar-refractivity contribution < 1.29 is 68.8 Å². The minimum absolute atomic E-state index is 0.00695. The molecule has 4 aliphatic rings. The number of allylic oxidation sites excluding steroid dienone is 20. The lowest BCUT2D eigenvalue weighted by Crippen LogP contribution is -2.41. The fourth-order valence-electron chi connectivity index (χ4n) is 7.87. The number of hydrogen-bond acceptors (Lipinski definition) is 14. The molecule has 2 heterocycles. The van der Waals surface area contributed by atoms with E-state index in [1.54, 1.807) is 13.8 Å². The van der Waals surface area contributed by atoms with Crippen molar-refractivity contribution in [1.82, 2.24) is 0 Å². The highest BCUT2D eigenvalue weighted by molar-refractivity contribution is 6.01. The number of ether oxygens (including phenoxy) is 4. The molecule has 66 heavy (non-hydrogen) atoms. The van der Waals surface area contributed by atoms with Crippen LogP contribution in [0.4, 0.5) is 0 Å². The van der Waals surface area contributed by atoms with Crippen molar-refractivity contribution in [3.8, 4) is 0 Å². The largest absolute Gasteiger partial charge is 0.505 e. The van der Waals surface area contributed by atoms with Crippen LogP contribution in [0.5, 0.6) is 0 Å². The summed E-state index contributed by atoms with van der Waals surface area (Å²) in [5.74, 6) is -5.04. The van der Waals surface area contributed by atoms with Crippen molar-refractivity contribution in [2.24, 2.45) is 11.3 Å². The number of carbonyl (C=O) groups is 4. The van der Waals surface area contributed by atoms with Gasteiger partial charge in [-0.25, -0.2) is 9.59 Å². The number of ketones is 2. The van der Waals surface area contributed by atoms with Gasteiger partial charge >= 0.3 is 11.9 Å². The molecule has 4 rings (SSSR count). The van der Waals surface area contributed by atoms with Crippen molar-refractivity contribution in [1.29, 1.82) is 0 Å². The van der Waals surface area contributed by atoms with Crippen molar-refractivity contribution in [2.45, 2.75) is 112 Å². The SMILES string of the molecule is CC1=C(/C=C/C(C)=C/C=C/C(C)=C/C=C/C=C(C)/C=C/C=C(C)/C=C/C2=C(C)C(=O)C(OCC(O)C3OC(=O)C(O)=C3O)CC2(C)C)C(C)CC(OCC(O)C2OC(=O)C(O)=C2CO)C1=O. The minimum atomic E-state index is -1.47. The average Bonchev–Trinajstić information content (AvgIpc) is 3.70. The smallest absolute Gasteiger partial charge is 0.377 e. The maximum atomic E-state index is 13.2. The van der Waals surface area contributed by atoms with Gasteiger partial charge in [-0.15, -0.1) is 0 Å². The van der Waals surface area contributed by atoms with Crippen LogP contribution in [0, 0.1) is 11.3 Å². The van der Waals surface area contributed by atoms with Crippen LogP contribution in [-0.4, -0.2) is 111 Å². The van der Waals surface area contributed by atoms with E-state index in [4.69, 9.17) is 18.9 Å². The van der Waals surface area contributed by atoms with Gasteiger partial charge in [0.25, 0.3) is 0 Å². The summed E-state index contributed by atoms with van der Waals surface area (Å²) in [5, 5.41) is 59.5. The third-order valence-electron chi connectivity index (χ3n) is 11.8. The lowest BCUT2D eigenvalue weighted by Gasteiger charge is -2.37. The average molecular weight is 913 g/mol. The molecule has 0 saturated heterocycles. The summed E-state index contributed by atoms with van der Waals surface area (Å²) in [6.07, 6.45) is 21.1. The number of hydrogen-bond donors (Lipinski definition) is 6. The van der Waals surface area contributed by atoms with Crippen LogP contribution >= 0.6 is 0 Å². The van der Waals surface area contributed by atoms with Gasteiger partial charge in [-0.05, 0) is 88.0 Å². The summed E-state index contributed by atoms with van der Waals surface area (Å²) in [5.41, 5.74) is 6.36. The molecular formula is C52H64O14. The molecule has 356 valence electrons. The molecule has 0 amide bonds. The number of aliphatic hydroxyl groups excluding tert-OH is 6. The van der Waals surface area contributed by atoms with Crippen molar-refractivity contribution in [2.75, 3.05) is 19.8 Å². The Hall–Kier alpha value is -5.90. The quantitative estimate of drug-likeness (QED) is 0.0554. The zero-order chi connectivity index (χ0) is 49.0. The van der Waals surface area contributed by atoms with Crippen molar-refractivity contribution in [3.05, 3.63) is 152 Å². The maximum Gasteiger partial charge on any atom is 0.377 e. The molecular weight excluding hydrogens is 849 g/mol. The first-order chi connectivity index (χ1) is 31.1.